The highest BCUT2D eigenvalue weighted by Crippen LogP contribution is 2.32. The maximum absolute atomic E-state index is 13.3. The number of aromatic nitrogens is 4. The number of carbonyl (C=O) groups excluding carboxylic acids is 3. The van der Waals surface area contributed by atoms with E-state index in [0.29, 0.717) is 11.3 Å². The van der Waals surface area contributed by atoms with E-state index in [0.717, 1.165) is 11.1 Å². The number of amides is 4. The number of pyridine rings is 2. The second-order valence-corrected chi connectivity index (χ2v) is 9.19. The maximum atomic E-state index is 13.3. The molecule has 0 aliphatic carbocycles. The van der Waals surface area contributed by atoms with Gasteiger partial charge in [-0.15, -0.1) is 0 Å². The Morgan fingerprint density at radius 2 is 1.95 bits per heavy atom. The molecule has 2 atom stereocenters. The summed E-state index contributed by atoms with van der Waals surface area (Å²) < 4.78 is 44.1. The third-order valence-corrected chi connectivity index (χ3v) is 6.31. The Morgan fingerprint density at radius 3 is 2.62 bits per heavy atom. The minimum Gasteiger partial charge on any atom is -0.340 e. The molecule has 0 spiro atoms. The molecular formula is C24H22F3N9O4. The zero-order chi connectivity index (χ0) is 28.8. The molecule has 1 saturated heterocycles. The predicted octanol–water partition coefficient (Wildman–Crippen LogP) is 2.23. The molecule has 208 valence electrons. The van der Waals surface area contributed by atoms with E-state index >= 15 is 0 Å². The molecule has 0 bridgehead atoms. The van der Waals surface area contributed by atoms with Crippen LogP contribution in [0, 0.1) is 13.8 Å². The first kappa shape index (κ1) is 26.7. The Kier molecular flexibility index (Phi) is 6.69. The molecule has 1 fully saturated rings. The molecule has 40 heavy (non-hydrogen) atoms. The molecule has 1 N–H and O–H groups in total. The fraction of sp³-hybridized carbons (Fsp3) is 0.333. The molecule has 0 aromatic carbocycles. The number of fused-ring (bicyclic) bond motifs is 1. The number of halogens is 3. The molecule has 4 amide bonds. The van der Waals surface area contributed by atoms with Gasteiger partial charge in [0.05, 0.1) is 25.1 Å². The lowest BCUT2D eigenvalue weighted by molar-refractivity contribution is -0.141. The number of hydrogen-bond donors (Lipinski definition) is 1. The van der Waals surface area contributed by atoms with Gasteiger partial charge in [0.1, 0.15) is 11.5 Å². The molecule has 2 aliphatic heterocycles. The van der Waals surface area contributed by atoms with Crippen LogP contribution in [0.4, 0.5) is 23.8 Å². The molecule has 16 heteroatoms. The second kappa shape index (κ2) is 10.0. The monoisotopic (exact) mass is 557 g/mol. The van der Waals surface area contributed by atoms with Crippen LogP contribution in [0.25, 0.3) is 11.3 Å². The van der Waals surface area contributed by atoms with E-state index in [2.05, 4.69) is 30.4 Å². The quantitative estimate of drug-likeness (QED) is 0.481. The number of urea groups is 1. The topological polar surface area (TPSA) is 150 Å². The van der Waals surface area contributed by atoms with Crippen LogP contribution in [0.1, 0.15) is 23.0 Å². The maximum Gasteiger partial charge on any atom is 0.433 e. The van der Waals surface area contributed by atoms with Crippen LogP contribution in [0.3, 0.4) is 0 Å². The third kappa shape index (κ3) is 5.06. The van der Waals surface area contributed by atoms with E-state index in [9.17, 15) is 27.6 Å². The minimum absolute atomic E-state index is 0.0618. The summed E-state index contributed by atoms with van der Waals surface area (Å²) in [5.41, 5.74) is -0.400. The Hall–Kier alpha value is -4.89. The van der Waals surface area contributed by atoms with Gasteiger partial charge in [0.2, 0.25) is 11.8 Å². The highest BCUT2D eigenvalue weighted by atomic mass is 19.4. The van der Waals surface area contributed by atoms with Gasteiger partial charge in [-0.25, -0.2) is 14.8 Å². The van der Waals surface area contributed by atoms with Crippen molar-refractivity contribution in [3.05, 3.63) is 53.4 Å². The molecule has 5 rings (SSSR count). The van der Waals surface area contributed by atoms with Gasteiger partial charge in [-0.2, -0.15) is 18.2 Å². The van der Waals surface area contributed by atoms with Gasteiger partial charge in [-0.1, -0.05) is 11.2 Å². The number of likely N-dealkylation sites (N-methyl/N-ethyl adjacent to an activating group) is 1. The largest absolute Gasteiger partial charge is 0.433 e. The number of aliphatic imine (C=N–C) groups is 1. The number of alkyl halides is 3. The number of nitrogens with zero attached hydrogens (tertiary/aromatic N) is 8. The zero-order valence-corrected chi connectivity index (χ0v) is 21.4. The number of aryl methyl sites for hydroxylation is 2. The van der Waals surface area contributed by atoms with Crippen LogP contribution in [0.5, 0.6) is 0 Å². The summed E-state index contributed by atoms with van der Waals surface area (Å²) in [6.07, 6.45) is -3.00. The summed E-state index contributed by atoms with van der Waals surface area (Å²) in [4.78, 5) is 58.8. The number of carbonyl (C=O) groups is 3. The molecule has 3 aromatic rings. The summed E-state index contributed by atoms with van der Waals surface area (Å²) >= 11 is 0. The number of anilines is 1. The Labute approximate surface area is 224 Å². The SMILES string of the molecule is Cc1nc(CN2C(=O)C3C(N=CN3CC(=O)Nc3cccc(-c4cnc(C(F)(F)F)c(C)c4)n3)N(C)C2=O)no1. The standard InChI is InChI=1S/C24H22F3N9O4/c1-12-7-14(8-28-20(12)24(25,26)27)15-5-4-6-16(31-15)32-18(37)10-35-11-29-21-19(35)22(38)36(23(39)34(21)3)9-17-30-13(2)40-33-17/h4-8,11,19,21H,9-10H2,1-3H3,(H,31,32,37). The Balaban J connectivity index is 1.28. The zero-order valence-electron chi connectivity index (χ0n) is 21.4. The van der Waals surface area contributed by atoms with Crippen molar-refractivity contribution >= 4 is 30.0 Å². The molecule has 0 saturated carbocycles. The van der Waals surface area contributed by atoms with Gasteiger partial charge in [0, 0.05) is 25.7 Å². The smallest absolute Gasteiger partial charge is 0.340 e. The lowest BCUT2D eigenvalue weighted by Gasteiger charge is -2.40. The van der Waals surface area contributed by atoms with Crippen LogP contribution in [-0.2, 0) is 22.3 Å². The summed E-state index contributed by atoms with van der Waals surface area (Å²) in [5.74, 6) is -0.539. The summed E-state index contributed by atoms with van der Waals surface area (Å²) in [6.45, 7) is 2.38. The van der Waals surface area contributed by atoms with E-state index in [4.69, 9.17) is 4.52 Å². The van der Waals surface area contributed by atoms with E-state index in [1.165, 1.54) is 42.2 Å². The van der Waals surface area contributed by atoms with E-state index in [-0.39, 0.29) is 36.2 Å². The van der Waals surface area contributed by atoms with Crippen molar-refractivity contribution in [2.24, 2.45) is 4.99 Å². The Bertz CT molecular complexity index is 1520. The molecule has 2 aliphatic rings. The van der Waals surface area contributed by atoms with Gasteiger partial charge < -0.3 is 19.6 Å². The van der Waals surface area contributed by atoms with Gasteiger partial charge >= 0.3 is 12.2 Å². The van der Waals surface area contributed by atoms with Gasteiger partial charge in [0.25, 0.3) is 5.91 Å². The first-order valence-electron chi connectivity index (χ1n) is 11.9. The average Bonchev–Trinajstić information content (AvgIpc) is 3.50. The molecule has 2 unspecified atom stereocenters. The van der Waals surface area contributed by atoms with Crippen LogP contribution < -0.4 is 5.32 Å². The highest BCUT2D eigenvalue weighted by Gasteiger charge is 2.50. The van der Waals surface area contributed by atoms with Crippen LogP contribution in [0.2, 0.25) is 0 Å². The predicted molar refractivity (Wildman–Crippen MR) is 131 cm³/mol. The molecule has 5 heterocycles. The van der Waals surface area contributed by atoms with Crippen LogP contribution >= 0.6 is 0 Å². The molecular weight excluding hydrogens is 535 g/mol. The average molecular weight is 557 g/mol. The minimum atomic E-state index is -4.57. The van der Waals surface area contributed by atoms with Crippen molar-refractivity contribution in [3.8, 4) is 11.3 Å². The molecule has 3 aromatic heterocycles. The van der Waals surface area contributed by atoms with Crippen LogP contribution in [0.15, 0.2) is 40.0 Å². The first-order valence-corrected chi connectivity index (χ1v) is 11.9. The van der Waals surface area contributed by atoms with E-state index in [1.54, 1.807) is 19.1 Å². The summed E-state index contributed by atoms with van der Waals surface area (Å²) in [6, 6.07) is 4.44. The van der Waals surface area contributed by atoms with Crippen molar-refractivity contribution in [2.45, 2.75) is 38.8 Å². The number of imide groups is 1. The van der Waals surface area contributed by atoms with E-state index < -0.39 is 41.9 Å². The second-order valence-electron chi connectivity index (χ2n) is 9.19. The lowest BCUT2D eigenvalue weighted by Crippen LogP contribution is -2.64. The molecule has 0 radical (unpaired) electrons. The third-order valence-electron chi connectivity index (χ3n) is 6.31. The van der Waals surface area contributed by atoms with Crippen molar-refractivity contribution in [2.75, 3.05) is 18.9 Å². The van der Waals surface area contributed by atoms with Crippen molar-refractivity contribution in [1.82, 2.24) is 34.8 Å². The van der Waals surface area contributed by atoms with Gasteiger partial charge in [0.15, 0.2) is 18.0 Å². The van der Waals surface area contributed by atoms with Crippen LogP contribution in [-0.4, -0.2) is 84.8 Å². The summed E-state index contributed by atoms with van der Waals surface area (Å²) in [5, 5.41) is 6.35. The number of rotatable bonds is 6. The number of nitrogens with one attached hydrogen (secondary N) is 1. The van der Waals surface area contributed by atoms with E-state index in [1.807, 2.05) is 0 Å². The lowest BCUT2D eigenvalue weighted by atomic mass is 10.1. The van der Waals surface area contributed by atoms with Crippen molar-refractivity contribution in [3.63, 3.8) is 0 Å². The first-order chi connectivity index (χ1) is 18.9. The van der Waals surface area contributed by atoms with Crippen molar-refractivity contribution in [1.29, 1.82) is 0 Å². The number of hydrogen-bond acceptors (Lipinski definition) is 10. The van der Waals surface area contributed by atoms with Crippen molar-refractivity contribution < 1.29 is 32.1 Å². The fourth-order valence-electron chi connectivity index (χ4n) is 4.47. The van der Waals surface area contributed by atoms with Gasteiger partial charge in [-0.05, 0) is 30.7 Å². The Morgan fingerprint density at radius 1 is 1.18 bits per heavy atom. The fourth-order valence-corrected chi connectivity index (χ4v) is 4.47. The highest BCUT2D eigenvalue weighted by molar-refractivity contribution is 6.03. The summed E-state index contributed by atoms with van der Waals surface area (Å²) in [7, 11) is 1.50. The van der Waals surface area contributed by atoms with Gasteiger partial charge in [-0.3, -0.25) is 19.5 Å². The molecule has 13 nitrogen and oxygen atoms in total. The normalized spacial score (nSPS) is 18.9.